The highest BCUT2D eigenvalue weighted by atomic mass is 16.5. The molecule has 0 radical (unpaired) electrons. The van der Waals surface area contributed by atoms with Crippen molar-refractivity contribution in [2.24, 2.45) is 80.3 Å². The van der Waals surface area contributed by atoms with E-state index in [0.717, 1.165) is 50.0 Å². The number of hydrogen-bond acceptors (Lipinski definition) is 5. The largest absolute Gasteiger partial charge is 0.376 e. The van der Waals surface area contributed by atoms with E-state index >= 15 is 0 Å². The molecule has 68 heavy (non-hydrogen) atoms. The van der Waals surface area contributed by atoms with Crippen molar-refractivity contribution in [3.05, 3.63) is 65.2 Å². The number of nitrogens with one attached hydrogen (secondary N) is 1. The third-order valence-electron chi connectivity index (χ3n) is 22.7. The first-order valence-corrected chi connectivity index (χ1v) is 27.5. The molecule has 0 bridgehead atoms. The zero-order valence-corrected chi connectivity index (χ0v) is 43.5. The van der Waals surface area contributed by atoms with Gasteiger partial charge in [0.05, 0.1) is 26.4 Å². The lowest BCUT2D eigenvalue weighted by molar-refractivity contribution is -0.223. The van der Waals surface area contributed by atoms with Crippen LogP contribution in [0.5, 0.6) is 0 Å². The number of fused-ring (bicyclic) bond motifs is 10. The molecular weight excluding hydrogens is 843 g/mol. The van der Waals surface area contributed by atoms with Gasteiger partial charge in [-0.05, 0) is 194 Å². The van der Waals surface area contributed by atoms with Crippen LogP contribution in [0.1, 0.15) is 161 Å². The molecule has 8 heteroatoms. The molecule has 2 aromatic rings. The van der Waals surface area contributed by atoms with Crippen LogP contribution in [-0.2, 0) is 43.5 Å². The Labute approximate surface area is 410 Å². The molecule has 0 aromatic heterocycles. The predicted octanol–water partition coefficient (Wildman–Crippen LogP) is 12.1. The highest BCUT2D eigenvalue weighted by Gasteiger charge is 2.73. The van der Waals surface area contributed by atoms with Gasteiger partial charge in [-0.15, -0.1) is 0 Å². The Morgan fingerprint density at radius 1 is 0.662 bits per heavy atom. The first-order chi connectivity index (χ1) is 32.4. The number of carbonyl (C=O) groups is 3. The Balaban J connectivity index is 0.943. The van der Waals surface area contributed by atoms with Crippen molar-refractivity contribution in [2.45, 2.75) is 176 Å². The maximum absolute atomic E-state index is 14.8. The van der Waals surface area contributed by atoms with E-state index in [9.17, 15) is 14.4 Å². The number of piperidine rings is 2. The summed E-state index contributed by atoms with van der Waals surface area (Å²) in [6.07, 6.45) is 17.9. The molecule has 15 atom stereocenters. The third-order valence-corrected chi connectivity index (χ3v) is 22.7. The molecule has 2 aliphatic heterocycles. The van der Waals surface area contributed by atoms with E-state index in [0.29, 0.717) is 97.9 Å². The lowest BCUT2D eigenvalue weighted by Gasteiger charge is -2.69. The van der Waals surface area contributed by atoms with E-state index in [-0.39, 0.29) is 44.9 Å². The number of amides is 3. The quantitative estimate of drug-likeness (QED) is 0.229. The number of likely N-dealkylation sites (tertiary alicyclic amines) is 2. The number of nitrogens with zero attached hydrogens (tertiary/aromatic N) is 2. The van der Waals surface area contributed by atoms with Gasteiger partial charge in [-0.25, -0.2) is 0 Å². The van der Waals surface area contributed by atoms with Crippen LogP contribution >= 0.6 is 0 Å². The lowest BCUT2D eigenvalue weighted by Crippen LogP contribution is -2.69. The van der Waals surface area contributed by atoms with Gasteiger partial charge in [0.2, 0.25) is 17.7 Å². The zero-order chi connectivity index (χ0) is 48.0. The molecule has 8 nitrogen and oxygen atoms in total. The SMILES string of the molecule is CC(=O)Nc1ccc(COCC2(C3CC(=O)N(C)C4CC[C@@H]5[C@@H](CC[C@]6(C)C(COCc7ccc(CC(C)C)cc7)CC[C@@H]56)[C@]43C)CC[C@H]3[C@@H]4CCC5N(C)C(=O)CC[C@]5(C)[C@@H]4CC[C@@]32C)cc1. The molecule has 3 amide bonds. The van der Waals surface area contributed by atoms with Gasteiger partial charge in [-0.1, -0.05) is 77.9 Å². The molecule has 5 unspecified atom stereocenters. The summed E-state index contributed by atoms with van der Waals surface area (Å²) in [7, 11) is 4.23. The molecule has 1 N–H and O–H groups in total. The summed E-state index contributed by atoms with van der Waals surface area (Å²) in [4.78, 5) is 44.0. The minimum atomic E-state index is -0.137. The summed E-state index contributed by atoms with van der Waals surface area (Å²) in [5.74, 6) is 5.89. The number of benzene rings is 2. The highest BCUT2D eigenvalue weighted by molar-refractivity contribution is 5.88. The molecule has 2 saturated heterocycles. The average Bonchev–Trinajstić information content (AvgIpc) is 3.80. The summed E-state index contributed by atoms with van der Waals surface area (Å²) >= 11 is 0. The molecule has 2 aromatic carbocycles. The molecule has 0 spiro atoms. The van der Waals surface area contributed by atoms with Gasteiger partial charge >= 0.3 is 0 Å². The Hall–Kier alpha value is -3.23. The fourth-order valence-electron chi connectivity index (χ4n) is 19.4. The van der Waals surface area contributed by atoms with Crippen LogP contribution in [0.25, 0.3) is 0 Å². The van der Waals surface area contributed by atoms with Crippen molar-refractivity contribution in [2.75, 3.05) is 32.6 Å². The van der Waals surface area contributed by atoms with Crippen molar-refractivity contribution in [1.82, 2.24) is 9.80 Å². The molecule has 6 saturated carbocycles. The average molecular weight is 930 g/mol. The van der Waals surface area contributed by atoms with Crippen LogP contribution in [0.2, 0.25) is 0 Å². The summed E-state index contributed by atoms with van der Waals surface area (Å²) in [5, 5.41) is 2.92. The Morgan fingerprint density at radius 3 is 1.97 bits per heavy atom. The number of carbonyl (C=O) groups excluding carboxylic acids is 3. The molecule has 8 aliphatic rings. The van der Waals surface area contributed by atoms with Crippen LogP contribution in [-0.4, -0.2) is 66.9 Å². The third kappa shape index (κ3) is 7.75. The van der Waals surface area contributed by atoms with Gasteiger partial charge < -0.3 is 24.6 Å². The van der Waals surface area contributed by atoms with E-state index in [1.54, 1.807) is 6.92 Å². The minimum Gasteiger partial charge on any atom is -0.376 e. The second kappa shape index (κ2) is 18.1. The van der Waals surface area contributed by atoms with Crippen LogP contribution in [0.3, 0.4) is 0 Å². The molecule has 6 aliphatic carbocycles. The van der Waals surface area contributed by atoms with Gasteiger partial charge in [0, 0.05) is 57.0 Å². The second-order valence-electron chi connectivity index (χ2n) is 25.8. The van der Waals surface area contributed by atoms with Crippen molar-refractivity contribution in [1.29, 1.82) is 0 Å². The summed E-state index contributed by atoms with van der Waals surface area (Å²) in [6, 6.07) is 17.9. The van der Waals surface area contributed by atoms with Crippen LogP contribution < -0.4 is 5.32 Å². The van der Waals surface area contributed by atoms with Crippen molar-refractivity contribution in [3.8, 4) is 0 Å². The Morgan fingerprint density at radius 2 is 1.26 bits per heavy atom. The number of anilines is 1. The standard InChI is InChI=1S/C60H87N3O5/c1-38(2)32-40-10-12-41(13-11-40)34-67-36-43-16-21-47-46-20-23-53-59(7,50(46)24-28-56(43,47)4)51(33-55(66)63(53)9)60(37-68-35-42-14-17-44(18-15-42)61-39(3)64)31-26-49-45-19-22-52-57(5,29-27-54(65)62(52)8)48(45)25-30-58(49,60)6/h10-15,17-18,38,43,45-53H,16,19-37H2,1-9H3,(H,61,64)/t43?,45-,46+,47+,48-,49+,50-,51?,52?,53?,56-,57-,58+,59+,60?/m1/s1. The van der Waals surface area contributed by atoms with E-state index < -0.39 is 0 Å². The van der Waals surface area contributed by atoms with Gasteiger partial charge in [0.25, 0.3) is 0 Å². The minimum absolute atomic E-state index is 0.0164. The lowest BCUT2D eigenvalue weighted by atomic mass is 9.38. The van der Waals surface area contributed by atoms with Crippen LogP contribution in [0.4, 0.5) is 5.69 Å². The van der Waals surface area contributed by atoms with E-state index in [1.807, 2.05) is 12.1 Å². The van der Waals surface area contributed by atoms with Gasteiger partial charge in [-0.3, -0.25) is 14.4 Å². The summed E-state index contributed by atoms with van der Waals surface area (Å²) < 4.78 is 13.9. The van der Waals surface area contributed by atoms with E-state index in [2.05, 4.69) is 107 Å². The molecule has 10 rings (SSSR count). The van der Waals surface area contributed by atoms with E-state index in [1.165, 1.54) is 68.9 Å². The predicted molar refractivity (Wildman–Crippen MR) is 270 cm³/mol. The van der Waals surface area contributed by atoms with E-state index in [4.69, 9.17) is 9.47 Å². The monoisotopic (exact) mass is 930 g/mol. The van der Waals surface area contributed by atoms with Crippen molar-refractivity contribution >= 4 is 23.4 Å². The summed E-state index contributed by atoms with van der Waals surface area (Å²) in [6.45, 7) is 19.5. The second-order valence-corrected chi connectivity index (χ2v) is 25.8. The molecule has 372 valence electrons. The van der Waals surface area contributed by atoms with Gasteiger partial charge in [0.1, 0.15) is 0 Å². The molecule has 8 fully saturated rings. The Kier molecular flexibility index (Phi) is 12.9. The summed E-state index contributed by atoms with van der Waals surface area (Å²) in [5.41, 5.74) is 4.94. The maximum atomic E-state index is 14.8. The van der Waals surface area contributed by atoms with Crippen molar-refractivity contribution < 1.29 is 23.9 Å². The number of hydrogen-bond donors (Lipinski definition) is 1. The zero-order valence-electron chi connectivity index (χ0n) is 43.5. The normalized spacial score (nSPS) is 41.9. The molecular formula is C60H87N3O5. The highest BCUT2D eigenvalue weighted by Crippen LogP contribution is 2.76. The van der Waals surface area contributed by atoms with Crippen LogP contribution in [0, 0.1) is 80.3 Å². The number of ether oxygens (including phenoxy) is 2. The first kappa shape index (κ1) is 48.4. The maximum Gasteiger partial charge on any atom is 0.222 e. The topological polar surface area (TPSA) is 88.2 Å². The van der Waals surface area contributed by atoms with Gasteiger partial charge in [0.15, 0.2) is 0 Å². The van der Waals surface area contributed by atoms with Crippen LogP contribution in [0.15, 0.2) is 48.5 Å². The molecule has 2 heterocycles. The first-order valence-electron chi connectivity index (χ1n) is 27.5. The fraction of sp³-hybridized carbons (Fsp3) is 0.750. The Bertz CT molecular complexity index is 2190. The van der Waals surface area contributed by atoms with Gasteiger partial charge in [-0.2, -0.15) is 0 Å². The van der Waals surface area contributed by atoms with Crippen molar-refractivity contribution in [3.63, 3.8) is 0 Å². The smallest absolute Gasteiger partial charge is 0.222 e. The fourth-order valence-corrected chi connectivity index (χ4v) is 19.4. The number of rotatable bonds is 12.